The van der Waals surface area contributed by atoms with Gasteiger partial charge in [0.25, 0.3) is 0 Å². The van der Waals surface area contributed by atoms with Crippen LogP contribution in [0.2, 0.25) is 0 Å². The first kappa shape index (κ1) is 16.9. The van der Waals surface area contributed by atoms with Crippen LogP contribution in [0.15, 0.2) is 0 Å². The molecule has 114 valence electrons. The van der Waals surface area contributed by atoms with Crippen LogP contribution in [-0.2, 0) is 10.0 Å². The van der Waals surface area contributed by atoms with Gasteiger partial charge < -0.3 is 10.2 Å². The molecule has 5 nitrogen and oxygen atoms in total. The average molecular weight is 291 g/mol. The third-order valence-corrected chi connectivity index (χ3v) is 5.56. The molecule has 0 radical (unpaired) electrons. The summed E-state index contributed by atoms with van der Waals surface area (Å²) in [7, 11) is 0.719. The Labute approximate surface area is 118 Å². The van der Waals surface area contributed by atoms with Gasteiger partial charge >= 0.3 is 0 Å². The summed E-state index contributed by atoms with van der Waals surface area (Å²) in [5.41, 5.74) is 0. The minimum atomic E-state index is -3.11. The zero-order valence-corrected chi connectivity index (χ0v) is 13.5. The van der Waals surface area contributed by atoms with Gasteiger partial charge in [-0.2, -0.15) is 0 Å². The Morgan fingerprint density at radius 2 is 1.89 bits per heavy atom. The summed E-state index contributed by atoms with van der Waals surface area (Å²) in [4.78, 5) is 2.30. The molecule has 19 heavy (non-hydrogen) atoms. The Kier molecular flexibility index (Phi) is 6.73. The van der Waals surface area contributed by atoms with Gasteiger partial charge in [0.1, 0.15) is 0 Å². The smallest absolute Gasteiger partial charge is 0.215 e. The second-order valence-corrected chi connectivity index (χ2v) is 8.15. The van der Waals surface area contributed by atoms with E-state index in [2.05, 4.69) is 17.3 Å². The zero-order valence-electron chi connectivity index (χ0n) is 12.7. The first-order valence-electron chi connectivity index (χ1n) is 7.17. The topological polar surface area (TPSA) is 52.7 Å². The lowest BCUT2D eigenvalue weighted by atomic mass is 9.97. The summed E-state index contributed by atoms with van der Waals surface area (Å²) in [5, 5.41) is 3.15. The summed E-state index contributed by atoms with van der Waals surface area (Å²) in [6.07, 6.45) is 2.20. The molecule has 0 aromatic heterocycles. The van der Waals surface area contributed by atoms with Gasteiger partial charge in [-0.3, -0.25) is 0 Å². The molecule has 1 heterocycles. The molecule has 0 atom stereocenters. The van der Waals surface area contributed by atoms with E-state index in [0.717, 1.165) is 25.9 Å². The van der Waals surface area contributed by atoms with Gasteiger partial charge in [0.2, 0.25) is 10.0 Å². The Bertz CT molecular complexity index is 349. The molecule has 0 unspecified atom stereocenters. The lowest BCUT2D eigenvalue weighted by Gasteiger charge is -2.31. The zero-order chi connectivity index (χ0) is 14.5. The van der Waals surface area contributed by atoms with Crippen LogP contribution in [0.4, 0.5) is 0 Å². The number of hydrogen-bond donors (Lipinski definition) is 1. The van der Waals surface area contributed by atoms with E-state index in [4.69, 9.17) is 0 Å². The maximum Gasteiger partial charge on any atom is 0.215 e. The molecule has 1 aliphatic heterocycles. The molecular formula is C13H29N3O2S. The summed E-state index contributed by atoms with van der Waals surface area (Å²) in [6, 6.07) is 0.328. The molecule has 0 aliphatic carbocycles. The lowest BCUT2D eigenvalue weighted by molar-refractivity contribution is 0.202. The minimum absolute atomic E-state index is 0.189. The predicted molar refractivity (Wildman–Crippen MR) is 79.8 cm³/mol. The molecule has 0 aromatic rings. The van der Waals surface area contributed by atoms with E-state index in [-0.39, 0.29) is 5.75 Å². The van der Waals surface area contributed by atoms with Crippen molar-refractivity contribution in [3.8, 4) is 0 Å². The highest BCUT2D eigenvalue weighted by molar-refractivity contribution is 7.89. The molecule has 1 fully saturated rings. The van der Waals surface area contributed by atoms with Crippen LogP contribution in [0.25, 0.3) is 0 Å². The van der Waals surface area contributed by atoms with Crippen molar-refractivity contribution >= 4 is 10.0 Å². The molecule has 0 amide bonds. The number of piperidine rings is 1. The van der Waals surface area contributed by atoms with Crippen molar-refractivity contribution in [2.75, 3.05) is 46.0 Å². The van der Waals surface area contributed by atoms with Crippen LogP contribution >= 0.6 is 0 Å². The van der Waals surface area contributed by atoms with E-state index in [1.807, 2.05) is 13.8 Å². The summed E-state index contributed by atoms with van der Waals surface area (Å²) >= 11 is 0. The molecule has 1 N–H and O–H groups in total. The van der Waals surface area contributed by atoms with E-state index in [1.165, 1.54) is 0 Å². The number of rotatable bonds is 7. The van der Waals surface area contributed by atoms with Crippen LogP contribution in [-0.4, -0.2) is 69.7 Å². The first-order chi connectivity index (χ1) is 8.81. The Morgan fingerprint density at radius 1 is 1.32 bits per heavy atom. The van der Waals surface area contributed by atoms with Crippen molar-refractivity contribution in [2.24, 2.45) is 5.92 Å². The van der Waals surface area contributed by atoms with Gasteiger partial charge in [-0.1, -0.05) is 13.8 Å². The molecule has 6 heteroatoms. The van der Waals surface area contributed by atoms with Crippen molar-refractivity contribution in [2.45, 2.75) is 32.7 Å². The molecule has 0 saturated carbocycles. The van der Waals surface area contributed by atoms with Crippen LogP contribution in [0, 0.1) is 5.92 Å². The minimum Gasteiger partial charge on any atom is -0.313 e. The summed E-state index contributed by atoms with van der Waals surface area (Å²) in [5.74, 6) is 0.697. The molecule has 0 aromatic carbocycles. The fraction of sp³-hybridized carbons (Fsp3) is 1.00. The van der Waals surface area contributed by atoms with E-state index in [1.54, 1.807) is 11.4 Å². The van der Waals surface area contributed by atoms with Crippen LogP contribution in [0.3, 0.4) is 0 Å². The SMILES string of the molecule is CC(C)NCCS(=O)(=O)N(C)CC1CCN(C)CC1. The first-order valence-corrected chi connectivity index (χ1v) is 8.78. The Hall–Kier alpha value is -0.170. The second kappa shape index (κ2) is 7.57. The number of hydrogen-bond acceptors (Lipinski definition) is 4. The highest BCUT2D eigenvalue weighted by atomic mass is 32.2. The molecule has 0 bridgehead atoms. The van der Waals surface area contributed by atoms with E-state index >= 15 is 0 Å². The van der Waals surface area contributed by atoms with Crippen molar-refractivity contribution in [3.63, 3.8) is 0 Å². The normalized spacial score (nSPS) is 19.5. The molecule has 1 aliphatic rings. The van der Waals surface area contributed by atoms with Crippen molar-refractivity contribution in [3.05, 3.63) is 0 Å². The van der Waals surface area contributed by atoms with Crippen LogP contribution < -0.4 is 5.32 Å². The van der Waals surface area contributed by atoms with E-state index < -0.39 is 10.0 Å². The number of nitrogens with one attached hydrogen (secondary N) is 1. The Morgan fingerprint density at radius 3 is 2.42 bits per heavy atom. The van der Waals surface area contributed by atoms with Crippen molar-refractivity contribution in [1.29, 1.82) is 0 Å². The molecular weight excluding hydrogens is 262 g/mol. The third-order valence-electron chi connectivity index (χ3n) is 3.74. The van der Waals surface area contributed by atoms with Gasteiger partial charge in [0.05, 0.1) is 5.75 Å². The highest BCUT2D eigenvalue weighted by Crippen LogP contribution is 2.17. The highest BCUT2D eigenvalue weighted by Gasteiger charge is 2.23. The van der Waals surface area contributed by atoms with Crippen LogP contribution in [0.1, 0.15) is 26.7 Å². The fourth-order valence-corrected chi connectivity index (χ4v) is 3.48. The molecule has 1 saturated heterocycles. The standard InChI is InChI=1S/C13H29N3O2S/c1-12(2)14-7-10-19(17,18)16(4)11-13-5-8-15(3)9-6-13/h12-14H,5-11H2,1-4H3. The van der Waals surface area contributed by atoms with Crippen LogP contribution in [0.5, 0.6) is 0 Å². The summed E-state index contributed by atoms with van der Waals surface area (Å²) in [6.45, 7) is 7.39. The van der Waals surface area contributed by atoms with E-state index in [0.29, 0.717) is 25.0 Å². The maximum atomic E-state index is 12.1. The van der Waals surface area contributed by atoms with Gasteiger partial charge in [0, 0.05) is 26.2 Å². The average Bonchev–Trinajstić information content (AvgIpc) is 2.31. The number of sulfonamides is 1. The number of nitrogens with zero attached hydrogens (tertiary/aromatic N) is 2. The molecule has 0 spiro atoms. The quantitative estimate of drug-likeness (QED) is 0.746. The largest absolute Gasteiger partial charge is 0.313 e. The second-order valence-electron chi connectivity index (χ2n) is 5.95. The Balaban J connectivity index is 2.36. The van der Waals surface area contributed by atoms with Crippen molar-refractivity contribution in [1.82, 2.24) is 14.5 Å². The van der Waals surface area contributed by atoms with Gasteiger partial charge in [0.15, 0.2) is 0 Å². The molecule has 1 rings (SSSR count). The third kappa shape index (κ3) is 6.21. The van der Waals surface area contributed by atoms with Gasteiger partial charge in [-0.15, -0.1) is 0 Å². The summed E-state index contributed by atoms with van der Waals surface area (Å²) < 4.78 is 25.8. The monoisotopic (exact) mass is 291 g/mol. The van der Waals surface area contributed by atoms with E-state index in [9.17, 15) is 8.42 Å². The fourth-order valence-electron chi connectivity index (χ4n) is 2.35. The maximum absolute atomic E-state index is 12.1. The van der Waals surface area contributed by atoms with Crippen molar-refractivity contribution < 1.29 is 8.42 Å². The van der Waals surface area contributed by atoms with Gasteiger partial charge in [-0.05, 0) is 38.9 Å². The lowest BCUT2D eigenvalue weighted by Crippen LogP contribution is -2.40. The number of likely N-dealkylation sites (tertiary alicyclic amines) is 1. The van der Waals surface area contributed by atoms with Gasteiger partial charge in [-0.25, -0.2) is 12.7 Å². The predicted octanol–water partition coefficient (Wildman–Crippen LogP) is 0.588.